The van der Waals surface area contributed by atoms with Crippen molar-refractivity contribution >= 4 is 57.2 Å². The predicted octanol–water partition coefficient (Wildman–Crippen LogP) is -1.81. The van der Waals surface area contributed by atoms with Gasteiger partial charge in [0.2, 0.25) is 6.29 Å². The molecule has 8 N–H and O–H groups in total. The van der Waals surface area contributed by atoms with E-state index in [4.69, 9.17) is 23.7 Å². The molecule has 1 unspecified atom stereocenters. The van der Waals surface area contributed by atoms with Crippen LogP contribution < -0.4 is 9.47 Å². The van der Waals surface area contributed by atoms with Crippen LogP contribution in [-0.2, 0) is 14.2 Å². The molecule has 0 aliphatic carbocycles. The van der Waals surface area contributed by atoms with Crippen molar-refractivity contribution in [3.8, 4) is 23.0 Å². The monoisotopic (exact) mass is 620 g/mol. The van der Waals surface area contributed by atoms with Gasteiger partial charge in [-0.3, -0.25) is 4.79 Å². The Morgan fingerprint density at radius 2 is 1.57 bits per heavy atom. The van der Waals surface area contributed by atoms with Crippen LogP contribution in [0.1, 0.15) is 35.4 Å². The molecule has 2 aromatic carbocycles. The number of Topliss-reactive ketones (excluding diaryl/α,β-unsaturated/α-hetero) is 1. The fourth-order valence-electron chi connectivity index (χ4n) is 5.07. The van der Waals surface area contributed by atoms with Crippen molar-refractivity contribution in [1.29, 1.82) is 0 Å². The van der Waals surface area contributed by atoms with Gasteiger partial charge in [0.1, 0.15) is 71.3 Å². The Kier molecular flexibility index (Phi) is 10.9. The second kappa shape index (κ2) is 13.7. The Bertz CT molecular complexity index is 1240. The first-order chi connectivity index (χ1) is 19.5. The molecule has 42 heavy (non-hydrogen) atoms. The molecule has 2 fully saturated rings. The molecule has 2 saturated heterocycles. The van der Waals surface area contributed by atoms with E-state index in [9.17, 15) is 45.6 Å². The van der Waals surface area contributed by atoms with Crippen LogP contribution in [0.15, 0.2) is 36.4 Å². The van der Waals surface area contributed by atoms with Crippen molar-refractivity contribution in [2.45, 2.75) is 80.9 Å². The van der Waals surface area contributed by atoms with Gasteiger partial charge in [-0.2, -0.15) is 0 Å². The van der Waals surface area contributed by atoms with Crippen molar-refractivity contribution in [3.05, 3.63) is 47.5 Å². The molecule has 2 aromatic rings. The van der Waals surface area contributed by atoms with E-state index in [1.165, 1.54) is 25.1 Å². The van der Waals surface area contributed by atoms with Crippen molar-refractivity contribution in [2.24, 2.45) is 0 Å². The van der Waals surface area contributed by atoms with Gasteiger partial charge >= 0.3 is 51.4 Å². The van der Waals surface area contributed by atoms with Gasteiger partial charge in [0.05, 0.1) is 19.1 Å². The van der Waals surface area contributed by atoms with E-state index in [1.54, 1.807) is 12.1 Å². The summed E-state index contributed by atoms with van der Waals surface area (Å²) in [6.45, 7) is 0.716. The van der Waals surface area contributed by atoms with Crippen molar-refractivity contribution in [2.75, 3.05) is 6.61 Å². The second-order valence-corrected chi connectivity index (χ2v) is 10.2. The van der Waals surface area contributed by atoms with E-state index in [-0.39, 0.29) is 80.6 Å². The molecule has 0 bridgehead atoms. The summed E-state index contributed by atoms with van der Waals surface area (Å²) in [5, 5.41) is 81.6. The number of rotatable bonds is 6. The summed E-state index contributed by atoms with van der Waals surface area (Å²) in [5.74, 6) is -0.947. The van der Waals surface area contributed by atoms with E-state index >= 15 is 0 Å². The number of phenols is 2. The summed E-state index contributed by atoms with van der Waals surface area (Å²) in [6.07, 6.45) is -16.0. The molecular weight excluding hydrogens is 587 g/mol. The third kappa shape index (κ3) is 6.64. The van der Waals surface area contributed by atoms with E-state index in [0.29, 0.717) is 5.56 Å². The Morgan fingerprint density at radius 1 is 0.881 bits per heavy atom. The number of hydrogen-bond donors (Lipinski definition) is 8. The van der Waals surface area contributed by atoms with Gasteiger partial charge in [-0.25, -0.2) is 0 Å². The average molecular weight is 621 g/mol. The third-order valence-corrected chi connectivity index (χ3v) is 7.42. The van der Waals surface area contributed by atoms with E-state index in [2.05, 4.69) is 0 Å². The first-order valence-electron chi connectivity index (χ1n) is 13.0. The Balaban J connectivity index is 0.00000405. The van der Waals surface area contributed by atoms with Gasteiger partial charge in [-0.05, 0) is 24.6 Å². The SMILES string of the molecule is C[C@@H]1O[C@@H](O[C@H]2[C@H](Oc3cc(O)c4c(c3)OC(c3ccc(O)cc3)CC4=O)O[C@H](CO)[C@@H](O)[C@@H]2O)[C@H](O)[C@H](O)[C@H]1O.[KH]. The standard InChI is InChI=1S/C27H32O14.K.H/c1-10-20(32)22(34)24(36)26(37-10)41-25-23(35)21(33)18(9-28)40-27(25)38-13-6-14(30)19-15(31)8-16(39-17(19)7-13)11-2-4-12(29)5-3-11;;/h2-7,10,16,18,20-30,32-36H,8-9H2,1H3;;/t10-,16?,18+,20-,21+,22+,23-,24+,25+,26-,27+;;/m0../s1. The molecule has 0 radical (unpaired) electrons. The normalized spacial score (nSPS) is 36.4. The van der Waals surface area contributed by atoms with Crippen molar-refractivity contribution in [3.63, 3.8) is 0 Å². The van der Waals surface area contributed by atoms with Crippen LogP contribution in [-0.4, -0.2) is 166 Å². The number of carbonyl (C=O) groups is 1. The van der Waals surface area contributed by atoms with Crippen LogP contribution in [0, 0.1) is 0 Å². The molecule has 14 nitrogen and oxygen atoms in total. The summed E-state index contributed by atoms with van der Waals surface area (Å²) in [7, 11) is 0. The van der Waals surface area contributed by atoms with Gasteiger partial charge < -0.3 is 64.5 Å². The third-order valence-electron chi connectivity index (χ3n) is 7.42. The minimum atomic E-state index is -1.75. The summed E-state index contributed by atoms with van der Waals surface area (Å²) in [5.41, 5.74) is 0.529. The number of ketones is 1. The molecule has 11 atom stereocenters. The number of aliphatic hydroxyl groups excluding tert-OH is 6. The van der Waals surface area contributed by atoms with Gasteiger partial charge in [-0.1, -0.05) is 12.1 Å². The molecule has 3 aliphatic rings. The maximum absolute atomic E-state index is 12.9. The fourth-order valence-corrected chi connectivity index (χ4v) is 5.07. The second-order valence-electron chi connectivity index (χ2n) is 10.2. The predicted molar refractivity (Wildman–Crippen MR) is 141 cm³/mol. The van der Waals surface area contributed by atoms with Crippen LogP contribution in [0.5, 0.6) is 23.0 Å². The number of benzene rings is 2. The zero-order chi connectivity index (χ0) is 29.6. The molecular formula is C27H33KO14. The Hall–Kier alpha value is -1.41. The summed E-state index contributed by atoms with van der Waals surface area (Å²) in [4.78, 5) is 12.9. The minimum absolute atomic E-state index is 0. The molecule has 5 rings (SSSR count). The Labute approximate surface area is 282 Å². The van der Waals surface area contributed by atoms with E-state index in [0.717, 1.165) is 6.07 Å². The molecule has 226 valence electrons. The molecule has 0 saturated carbocycles. The van der Waals surface area contributed by atoms with Gasteiger partial charge in [0.15, 0.2) is 18.2 Å². The number of ether oxygens (including phenoxy) is 5. The van der Waals surface area contributed by atoms with Gasteiger partial charge in [0.25, 0.3) is 0 Å². The van der Waals surface area contributed by atoms with Crippen molar-refractivity contribution < 1.29 is 69.3 Å². The molecule has 0 spiro atoms. The number of carbonyl (C=O) groups excluding carboxylic acids is 1. The van der Waals surface area contributed by atoms with Crippen LogP contribution >= 0.6 is 0 Å². The number of aromatic hydroxyl groups is 2. The summed E-state index contributed by atoms with van der Waals surface area (Å²) in [6, 6.07) is 8.50. The first-order valence-corrected chi connectivity index (χ1v) is 13.0. The number of phenolic OH excluding ortho intramolecular Hbond substituents is 2. The quantitative estimate of drug-likeness (QED) is 0.167. The number of fused-ring (bicyclic) bond motifs is 1. The van der Waals surface area contributed by atoms with Gasteiger partial charge in [0, 0.05) is 12.1 Å². The molecule has 15 heteroatoms. The van der Waals surface area contributed by atoms with Crippen LogP contribution in [0.25, 0.3) is 0 Å². The number of hydrogen-bond acceptors (Lipinski definition) is 14. The van der Waals surface area contributed by atoms with Crippen LogP contribution in [0.2, 0.25) is 0 Å². The number of aliphatic hydroxyl groups is 6. The van der Waals surface area contributed by atoms with Crippen LogP contribution in [0.3, 0.4) is 0 Å². The van der Waals surface area contributed by atoms with Crippen molar-refractivity contribution in [1.82, 2.24) is 0 Å². The summed E-state index contributed by atoms with van der Waals surface area (Å²) >= 11 is 0. The summed E-state index contributed by atoms with van der Waals surface area (Å²) < 4.78 is 28.6. The van der Waals surface area contributed by atoms with E-state index < -0.39 is 85.7 Å². The zero-order valence-electron chi connectivity index (χ0n) is 21.8. The Morgan fingerprint density at radius 3 is 2.24 bits per heavy atom. The molecule has 3 heterocycles. The maximum atomic E-state index is 12.9. The van der Waals surface area contributed by atoms with E-state index in [1.807, 2.05) is 0 Å². The molecule has 0 aromatic heterocycles. The zero-order valence-corrected chi connectivity index (χ0v) is 21.8. The van der Waals surface area contributed by atoms with Gasteiger partial charge in [-0.15, -0.1) is 0 Å². The molecule has 3 aliphatic heterocycles. The topological polar surface area (TPSA) is 225 Å². The average Bonchev–Trinajstić information content (AvgIpc) is 2.94. The van der Waals surface area contributed by atoms with Crippen LogP contribution in [0.4, 0.5) is 0 Å². The molecule has 0 amide bonds. The first kappa shape index (κ1) is 33.5. The fraction of sp³-hybridized carbons (Fsp3) is 0.519.